The predicted octanol–water partition coefficient (Wildman–Crippen LogP) is 2.85. The van der Waals surface area contributed by atoms with Gasteiger partial charge in [0.1, 0.15) is 11.5 Å². The Morgan fingerprint density at radius 3 is 2.32 bits per heavy atom. The maximum Gasteiger partial charge on any atom is 0.177 e. The summed E-state index contributed by atoms with van der Waals surface area (Å²) in [4.78, 5) is 12.3. The van der Waals surface area contributed by atoms with E-state index in [2.05, 4.69) is 5.32 Å². The van der Waals surface area contributed by atoms with Crippen molar-refractivity contribution in [1.82, 2.24) is 0 Å². The van der Waals surface area contributed by atoms with E-state index in [0.717, 1.165) is 30.7 Å². The smallest absolute Gasteiger partial charge is 0.177 e. The first-order chi connectivity index (χ1) is 10.7. The largest absolute Gasteiger partial charge is 0.497 e. The van der Waals surface area contributed by atoms with E-state index in [1.165, 1.54) is 0 Å². The average Bonchev–Trinajstić information content (AvgIpc) is 2.56. The van der Waals surface area contributed by atoms with Crippen LogP contribution >= 0.6 is 0 Å². The van der Waals surface area contributed by atoms with Gasteiger partial charge in [0.25, 0.3) is 0 Å². The quantitative estimate of drug-likeness (QED) is 0.785. The highest BCUT2D eigenvalue weighted by Gasteiger charge is 2.35. The Morgan fingerprint density at radius 1 is 1.09 bits per heavy atom. The predicted molar refractivity (Wildman–Crippen MR) is 85.2 cm³/mol. The summed E-state index contributed by atoms with van der Waals surface area (Å²) in [6.45, 7) is 0. The SMILES string of the molecule is COc1ccc(N[C@@H](C(OC)OC)[C@@H]2CCCCC2=O)cc1. The number of anilines is 1. The van der Waals surface area contributed by atoms with E-state index in [4.69, 9.17) is 14.2 Å². The zero-order valence-electron chi connectivity index (χ0n) is 13.5. The van der Waals surface area contributed by atoms with Gasteiger partial charge in [-0.25, -0.2) is 0 Å². The summed E-state index contributed by atoms with van der Waals surface area (Å²) in [6, 6.07) is 7.44. The van der Waals surface area contributed by atoms with Crippen LogP contribution in [-0.2, 0) is 14.3 Å². The molecular weight excluding hydrogens is 282 g/mol. The molecule has 0 saturated heterocycles. The lowest BCUT2D eigenvalue weighted by Gasteiger charge is -2.34. The molecule has 2 rings (SSSR count). The molecule has 22 heavy (non-hydrogen) atoms. The van der Waals surface area contributed by atoms with Crippen molar-refractivity contribution in [3.8, 4) is 5.75 Å². The Kier molecular flexibility index (Phi) is 6.21. The van der Waals surface area contributed by atoms with Gasteiger partial charge in [0, 0.05) is 32.2 Å². The number of ketones is 1. The third kappa shape index (κ3) is 3.99. The van der Waals surface area contributed by atoms with Gasteiger partial charge < -0.3 is 19.5 Å². The Morgan fingerprint density at radius 2 is 1.77 bits per heavy atom. The van der Waals surface area contributed by atoms with Crippen LogP contribution in [0.1, 0.15) is 25.7 Å². The van der Waals surface area contributed by atoms with Crippen LogP contribution in [0.5, 0.6) is 5.75 Å². The summed E-state index contributed by atoms with van der Waals surface area (Å²) in [5, 5.41) is 3.41. The molecule has 0 heterocycles. The summed E-state index contributed by atoms with van der Waals surface area (Å²) < 4.78 is 16.0. The van der Waals surface area contributed by atoms with Crippen molar-refractivity contribution < 1.29 is 19.0 Å². The molecule has 122 valence electrons. The van der Waals surface area contributed by atoms with Crippen LogP contribution in [-0.4, -0.2) is 39.4 Å². The molecule has 5 heteroatoms. The van der Waals surface area contributed by atoms with Crippen LogP contribution in [0, 0.1) is 5.92 Å². The Hall–Kier alpha value is -1.59. The highest BCUT2D eigenvalue weighted by atomic mass is 16.7. The molecule has 1 aromatic rings. The molecule has 0 unspecified atom stereocenters. The summed E-state index contributed by atoms with van der Waals surface area (Å²) in [7, 11) is 4.84. The van der Waals surface area contributed by atoms with Gasteiger partial charge in [-0.2, -0.15) is 0 Å². The monoisotopic (exact) mass is 307 g/mol. The Bertz CT molecular complexity index is 470. The first kappa shape index (κ1) is 16.8. The van der Waals surface area contributed by atoms with Crippen molar-refractivity contribution in [3.63, 3.8) is 0 Å². The molecule has 0 aromatic heterocycles. The van der Waals surface area contributed by atoms with E-state index in [1.54, 1.807) is 21.3 Å². The van der Waals surface area contributed by atoms with E-state index in [-0.39, 0.29) is 17.7 Å². The molecule has 1 aromatic carbocycles. The van der Waals surface area contributed by atoms with Gasteiger partial charge in [-0.05, 0) is 37.1 Å². The standard InChI is InChI=1S/C17H25NO4/c1-20-13-10-8-12(9-11-13)18-16(17(21-2)22-3)14-6-4-5-7-15(14)19/h8-11,14,16-18H,4-7H2,1-3H3/t14-,16-/m1/s1. The second-order valence-electron chi connectivity index (χ2n) is 5.56. The van der Waals surface area contributed by atoms with Gasteiger partial charge in [-0.15, -0.1) is 0 Å². The van der Waals surface area contributed by atoms with E-state index >= 15 is 0 Å². The number of carbonyl (C=O) groups is 1. The topological polar surface area (TPSA) is 56.8 Å². The fourth-order valence-electron chi connectivity index (χ4n) is 3.02. The number of rotatable bonds is 7. The first-order valence-corrected chi connectivity index (χ1v) is 7.68. The molecule has 1 aliphatic rings. The maximum absolute atomic E-state index is 12.3. The number of ether oxygens (including phenoxy) is 3. The molecule has 5 nitrogen and oxygen atoms in total. The lowest BCUT2D eigenvalue weighted by molar-refractivity contribution is -0.140. The second-order valence-corrected chi connectivity index (χ2v) is 5.56. The number of Topliss-reactive ketones (excluding diaryl/α,β-unsaturated/α-hetero) is 1. The van der Waals surface area contributed by atoms with Crippen LogP contribution in [0.4, 0.5) is 5.69 Å². The molecule has 0 aliphatic heterocycles. The zero-order chi connectivity index (χ0) is 15.9. The summed E-state index contributed by atoms with van der Waals surface area (Å²) in [5.41, 5.74) is 0.920. The number of benzene rings is 1. The van der Waals surface area contributed by atoms with E-state index in [0.29, 0.717) is 6.42 Å². The number of nitrogens with one attached hydrogen (secondary N) is 1. The highest BCUT2D eigenvalue weighted by molar-refractivity contribution is 5.82. The van der Waals surface area contributed by atoms with E-state index in [9.17, 15) is 4.79 Å². The minimum atomic E-state index is -0.464. The summed E-state index contributed by atoms with van der Waals surface area (Å²) >= 11 is 0. The number of hydrogen-bond acceptors (Lipinski definition) is 5. The fourth-order valence-corrected chi connectivity index (χ4v) is 3.02. The van der Waals surface area contributed by atoms with Gasteiger partial charge in [-0.3, -0.25) is 4.79 Å². The number of carbonyl (C=O) groups excluding carboxylic acids is 1. The van der Waals surface area contributed by atoms with Crippen LogP contribution < -0.4 is 10.1 Å². The van der Waals surface area contributed by atoms with Crippen molar-refractivity contribution in [2.45, 2.75) is 38.0 Å². The minimum absolute atomic E-state index is 0.0826. The van der Waals surface area contributed by atoms with Gasteiger partial charge in [0.05, 0.1) is 13.2 Å². The van der Waals surface area contributed by atoms with Crippen LogP contribution in [0.2, 0.25) is 0 Å². The molecule has 0 spiro atoms. The van der Waals surface area contributed by atoms with Crippen LogP contribution in [0.15, 0.2) is 24.3 Å². The average molecular weight is 307 g/mol. The fraction of sp³-hybridized carbons (Fsp3) is 0.588. The van der Waals surface area contributed by atoms with Crippen molar-refractivity contribution in [1.29, 1.82) is 0 Å². The van der Waals surface area contributed by atoms with Crippen LogP contribution in [0.3, 0.4) is 0 Å². The normalized spacial score (nSPS) is 20.0. The Labute approximate surface area is 131 Å². The molecule has 1 saturated carbocycles. The van der Waals surface area contributed by atoms with Crippen molar-refractivity contribution >= 4 is 11.5 Å². The zero-order valence-corrected chi connectivity index (χ0v) is 13.5. The van der Waals surface area contributed by atoms with E-state index < -0.39 is 6.29 Å². The van der Waals surface area contributed by atoms with Gasteiger partial charge in [0.2, 0.25) is 0 Å². The number of hydrogen-bond donors (Lipinski definition) is 1. The molecule has 0 radical (unpaired) electrons. The molecule has 0 amide bonds. The van der Waals surface area contributed by atoms with Crippen LogP contribution in [0.25, 0.3) is 0 Å². The molecular formula is C17H25NO4. The lowest BCUT2D eigenvalue weighted by Crippen LogP contribution is -2.46. The van der Waals surface area contributed by atoms with Gasteiger partial charge in [-0.1, -0.05) is 6.42 Å². The van der Waals surface area contributed by atoms with Crippen molar-refractivity contribution in [2.75, 3.05) is 26.6 Å². The van der Waals surface area contributed by atoms with E-state index in [1.807, 2.05) is 24.3 Å². The highest BCUT2D eigenvalue weighted by Crippen LogP contribution is 2.29. The summed E-state index contributed by atoms with van der Waals surface area (Å²) in [6.07, 6.45) is 3.10. The molecule has 1 N–H and O–H groups in total. The third-order valence-electron chi connectivity index (χ3n) is 4.22. The first-order valence-electron chi connectivity index (χ1n) is 7.68. The number of methoxy groups -OCH3 is 3. The lowest BCUT2D eigenvalue weighted by atomic mass is 9.82. The second kappa shape index (κ2) is 8.15. The molecule has 1 aliphatic carbocycles. The molecule has 0 bridgehead atoms. The van der Waals surface area contributed by atoms with Crippen molar-refractivity contribution in [3.05, 3.63) is 24.3 Å². The van der Waals surface area contributed by atoms with Gasteiger partial charge in [0.15, 0.2) is 6.29 Å². The molecule has 1 fully saturated rings. The molecule has 2 atom stereocenters. The maximum atomic E-state index is 12.3. The third-order valence-corrected chi connectivity index (χ3v) is 4.22. The van der Waals surface area contributed by atoms with Gasteiger partial charge >= 0.3 is 0 Å². The Balaban J connectivity index is 2.17. The minimum Gasteiger partial charge on any atom is -0.497 e. The van der Waals surface area contributed by atoms with Crippen molar-refractivity contribution in [2.24, 2.45) is 5.92 Å². The summed E-state index contributed by atoms with van der Waals surface area (Å²) in [5.74, 6) is 1.00.